The topological polar surface area (TPSA) is 126 Å². The van der Waals surface area contributed by atoms with E-state index in [0.29, 0.717) is 44.4 Å². The van der Waals surface area contributed by atoms with E-state index in [-0.39, 0.29) is 32.0 Å². The van der Waals surface area contributed by atoms with Crippen molar-refractivity contribution in [3.63, 3.8) is 0 Å². The van der Waals surface area contributed by atoms with Crippen LogP contribution in [0.1, 0.15) is 29.5 Å². The van der Waals surface area contributed by atoms with E-state index in [1.165, 1.54) is 6.42 Å². The number of hydrogen-bond acceptors (Lipinski definition) is 9. The van der Waals surface area contributed by atoms with Crippen molar-refractivity contribution < 1.29 is 29.2 Å². The number of benzene rings is 3. The van der Waals surface area contributed by atoms with Gasteiger partial charge in [-0.1, -0.05) is 78.9 Å². The monoisotopic (exact) mass is 702 g/mol. The molecular formula is C42H46N4O6. The third-order valence-corrected chi connectivity index (χ3v) is 9.15. The number of nitrogens with zero attached hydrogens (tertiary/aromatic N) is 3. The number of aliphatic hydroxyl groups excluding tert-OH is 2. The molecule has 5 aromatic rings. The Morgan fingerprint density at radius 2 is 1.27 bits per heavy atom. The Morgan fingerprint density at radius 3 is 1.79 bits per heavy atom. The van der Waals surface area contributed by atoms with Gasteiger partial charge in [0.2, 0.25) is 0 Å². The average molecular weight is 703 g/mol. The van der Waals surface area contributed by atoms with Crippen LogP contribution >= 0.6 is 0 Å². The van der Waals surface area contributed by atoms with Gasteiger partial charge in [0.1, 0.15) is 31.3 Å². The third kappa shape index (κ3) is 10.4. The number of carbonyl (C=O) groups is 1. The Morgan fingerprint density at radius 1 is 0.692 bits per heavy atom. The molecule has 10 heteroatoms. The minimum Gasteiger partial charge on any atom is -0.490 e. The van der Waals surface area contributed by atoms with Crippen molar-refractivity contribution in [1.82, 2.24) is 20.2 Å². The van der Waals surface area contributed by atoms with Gasteiger partial charge in [-0.25, -0.2) is 4.79 Å². The van der Waals surface area contributed by atoms with Crippen molar-refractivity contribution in [2.45, 2.75) is 44.4 Å². The number of carbonyl (C=O) groups excluding carboxylic acids is 1. The number of amides is 1. The van der Waals surface area contributed by atoms with E-state index in [4.69, 9.17) is 24.4 Å². The molecule has 52 heavy (non-hydrogen) atoms. The molecule has 2 atom stereocenters. The van der Waals surface area contributed by atoms with E-state index in [1.54, 1.807) is 23.5 Å². The zero-order valence-corrected chi connectivity index (χ0v) is 29.3. The maximum absolute atomic E-state index is 12.4. The zero-order chi connectivity index (χ0) is 36.0. The molecule has 0 radical (unpaired) electrons. The lowest BCUT2D eigenvalue weighted by Gasteiger charge is -2.39. The van der Waals surface area contributed by atoms with Crippen LogP contribution in [0.5, 0.6) is 11.5 Å². The summed E-state index contributed by atoms with van der Waals surface area (Å²) in [5.41, 5.74) is 7.28. The number of pyridine rings is 2. The Hall–Kier alpha value is -5.29. The number of nitrogens with one attached hydrogen (secondary N) is 1. The van der Waals surface area contributed by atoms with Crippen LogP contribution < -0.4 is 14.8 Å². The van der Waals surface area contributed by atoms with Crippen LogP contribution in [0.2, 0.25) is 0 Å². The van der Waals surface area contributed by atoms with Gasteiger partial charge in [-0.05, 0) is 72.2 Å². The lowest BCUT2D eigenvalue weighted by Crippen LogP contribution is -2.54. The highest BCUT2D eigenvalue weighted by atomic mass is 16.6. The largest absolute Gasteiger partial charge is 0.490 e. The standard InChI is InChI=1S/C25H26N2O4.C17H20N2O2/c28-12-10-19-7-4-8-21(13-19)22-14-24(16-26-15-22)30-18-23-9-11-27(23)25(29)31-17-20-5-2-1-3-6-20;20-7-5-13-2-1-3-14(8-13)15-9-17(11-18-10-15)21-12-16-4-6-19-16/h1-8,13-16,23,28H,9-12,17-18H2;1-3,8-11,16,19-20H,4-7,12H2/t23-;16-/m00/s1. The minimum atomic E-state index is -0.309. The van der Waals surface area contributed by atoms with E-state index in [9.17, 15) is 4.79 Å². The molecule has 2 aliphatic heterocycles. The summed E-state index contributed by atoms with van der Waals surface area (Å²) in [6.07, 6.45) is 10.1. The molecular weight excluding hydrogens is 656 g/mol. The van der Waals surface area contributed by atoms with Gasteiger partial charge >= 0.3 is 6.09 Å². The number of likely N-dealkylation sites (tertiary alicyclic amines) is 1. The molecule has 0 spiro atoms. The minimum absolute atomic E-state index is 0.000174. The molecule has 0 saturated carbocycles. The first-order chi connectivity index (χ1) is 25.6. The fourth-order valence-corrected chi connectivity index (χ4v) is 5.92. The van der Waals surface area contributed by atoms with Crippen molar-refractivity contribution in [2.75, 3.05) is 39.5 Å². The van der Waals surface area contributed by atoms with Crippen LogP contribution in [0.15, 0.2) is 116 Å². The predicted molar refractivity (Wildman–Crippen MR) is 200 cm³/mol. The van der Waals surface area contributed by atoms with Gasteiger partial charge in [-0.2, -0.15) is 0 Å². The van der Waals surface area contributed by atoms with Gasteiger partial charge < -0.3 is 34.6 Å². The molecule has 10 nitrogen and oxygen atoms in total. The van der Waals surface area contributed by atoms with Crippen LogP contribution in [0.4, 0.5) is 4.79 Å². The van der Waals surface area contributed by atoms with E-state index in [2.05, 4.69) is 27.4 Å². The maximum atomic E-state index is 12.4. The summed E-state index contributed by atoms with van der Waals surface area (Å²) >= 11 is 0. The summed E-state index contributed by atoms with van der Waals surface area (Å²) < 4.78 is 17.1. The van der Waals surface area contributed by atoms with Crippen molar-refractivity contribution >= 4 is 6.09 Å². The Bertz CT molecular complexity index is 1870. The van der Waals surface area contributed by atoms with Crippen molar-refractivity contribution in [2.24, 2.45) is 0 Å². The summed E-state index contributed by atoms with van der Waals surface area (Å²) in [7, 11) is 0. The number of hydrogen-bond donors (Lipinski definition) is 3. The second-order valence-corrected chi connectivity index (χ2v) is 12.9. The molecule has 1 amide bonds. The zero-order valence-electron chi connectivity index (χ0n) is 29.3. The van der Waals surface area contributed by atoms with Gasteiger partial charge in [0.15, 0.2) is 0 Å². The Kier molecular flexibility index (Phi) is 13.2. The normalized spacial score (nSPS) is 16.1. The second kappa shape index (κ2) is 18.8. The van der Waals surface area contributed by atoms with E-state index < -0.39 is 0 Å². The third-order valence-electron chi connectivity index (χ3n) is 9.15. The summed E-state index contributed by atoms with van der Waals surface area (Å²) in [6, 6.07) is 30.3. The summed E-state index contributed by atoms with van der Waals surface area (Å²) in [5.74, 6) is 1.46. The predicted octanol–water partition coefficient (Wildman–Crippen LogP) is 6.10. The Labute approximate surface area is 305 Å². The van der Waals surface area contributed by atoms with E-state index >= 15 is 0 Å². The van der Waals surface area contributed by atoms with Gasteiger partial charge in [0.25, 0.3) is 0 Å². The average Bonchev–Trinajstić information content (AvgIpc) is 3.14. The van der Waals surface area contributed by atoms with Crippen LogP contribution in [-0.4, -0.2) is 82.8 Å². The highest BCUT2D eigenvalue weighted by Crippen LogP contribution is 2.26. The quantitative estimate of drug-likeness (QED) is 0.126. The lowest BCUT2D eigenvalue weighted by molar-refractivity contribution is 0.0259. The molecule has 0 aliphatic carbocycles. The molecule has 270 valence electrons. The molecule has 2 aliphatic rings. The second-order valence-electron chi connectivity index (χ2n) is 12.9. The SMILES string of the molecule is O=C(OCc1ccccc1)N1CC[C@H]1COc1cncc(-c2cccc(CCO)c2)c1.OCCc1cccc(-c2cncc(OC[C@@H]3CCN3)c2)c1. The summed E-state index contributed by atoms with van der Waals surface area (Å²) in [6.45, 7) is 3.41. The highest BCUT2D eigenvalue weighted by Gasteiger charge is 2.34. The van der Waals surface area contributed by atoms with Gasteiger partial charge in [0, 0.05) is 49.3 Å². The van der Waals surface area contributed by atoms with Crippen LogP contribution in [0.3, 0.4) is 0 Å². The number of aromatic nitrogens is 2. The summed E-state index contributed by atoms with van der Waals surface area (Å²) in [5, 5.41) is 21.5. The van der Waals surface area contributed by atoms with E-state index in [1.807, 2.05) is 85.1 Å². The molecule has 0 unspecified atom stereocenters. The van der Waals surface area contributed by atoms with E-state index in [0.717, 1.165) is 57.7 Å². The first-order valence-electron chi connectivity index (χ1n) is 17.8. The van der Waals surface area contributed by atoms with Gasteiger partial charge in [-0.3, -0.25) is 9.97 Å². The fraction of sp³-hybridized carbons (Fsp3) is 0.310. The highest BCUT2D eigenvalue weighted by molar-refractivity contribution is 5.69. The Balaban J connectivity index is 0.000000192. The molecule has 2 fully saturated rings. The van der Waals surface area contributed by atoms with Crippen molar-refractivity contribution in [3.8, 4) is 33.8 Å². The smallest absolute Gasteiger partial charge is 0.410 e. The van der Waals surface area contributed by atoms with Crippen LogP contribution in [0, 0.1) is 0 Å². The number of ether oxygens (including phenoxy) is 3. The fourth-order valence-electron chi connectivity index (χ4n) is 5.92. The van der Waals surface area contributed by atoms with Gasteiger partial charge in [0.05, 0.1) is 18.4 Å². The summed E-state index contributed by atoms with van der Waals surface area (Å²) in [4.78, 5) is 22.6. The van der Waals surface area contributed by atoms with Crippen LogP contribution in [0.25, 0.3) is 22.3 Å². The maximum Gasteiger partial charge on any atom is 0.410 e. The number of rotatable bonds is 14. The van der Waals surface area contributed by atoms with Crippen LogP contribution in [-0.2, 0) is 24.2 Å². The molecule has 0 bridgehead atoms. The van der Waals surface area contributed by atoms with Gasteiger partial charge in [-0.15, -0.1) is 0 Å². The molecule has 3 aromatic carbocycles. The van der Waals surface area contributed by atoms with Crippen molar-refractivity contribution in [1.29, 1.82) is 0 Å². The lowest BCUT2D eigenvalue weighted by atomic mass is 10.0. The van der Waals surface area contributed by atoms with Crippen molar-refractivity contribution in [3.05, 3.63) is 132 Å². The first kappa shape index (κ1) is 36.5. The molecule has 4 heterocycles. The molecule has 3 N–H and O–H groups in total. The molecule has 7 rings (SSSR count). The molecule has 2 aromatic heterocycles. The first-order valence-corrected chi connectivity index (χ1v) is 17.8. The number of aliphatic hydroxyl groups is 2. The molecule has 2 saturated heterocycles.